The number of carbonyl (C=O) groups excluding carboxylic acids is 2. The van der Waals surface area contributed by atoms with E-state index in [1.165, 1.54) is 7.11 Å². The van der Waals surface area contributed by atoms with Gasteiger partial charge in [-0.1, -0.05) is 0 Å². The molecule has 0 bridgehead atoms. The molecule has 0 aliphatic heterocycles. The predicted molar refractivity (Wildman–Crippen MR) is 79.8 cm³/mol. The van der Waals surface area contributed by atoms with Crippen molar-refractivity contribution in [1.82, 2.24) is 0 Å². The second-order valence-corrected chi connectivity index (χ2v) is 4.43. The van der Waals surface area contributed by atoms with Gasteiger partial charge in [0.15, 0.2) is 5.76 Å². The molecular formula is C16H17NO5. The Morgan fingerprint density at radius 1 is 1.14 bits per heavy atom. The van der Waals surface area contributed by atoms with E-state index in [1.54, 1.807) is 36.4 Å². The molecule has 1 aromatic heterocycles. The molecule has 1 N–H and O–H groups in total. The van der Waals surface area contributed by atoms with Crippen molar-refractivity contribution in [1.29, 1.82) is 0 Å². The molecule has 0 unspecified atom stereocenters. The number of furan rings is 1. The van der Waals surface area contributed by atoms with Crippen LogP contribution in [0.25, 0.3) is 0 Å². The molecule has 6 nitrogen and oxygen atoms in total. The lowest BCUT2D eigenvalue weighted by molar-refractivity contribution is 0.0600. The van der Waals surface area contributed by atoms with Gasteiger partial charge in [0.1, 0.15) is 12.4 Å². The second kappa shape index (κ2) is 7.42. The van der Waals surface area contributed by atoms with Crippen molar-refractivity contribution in [3.8, 4) is 0 Å². The van der Waals surface area contributed by atoms with Crippen LogP contribution in [-0.4, -0.2) is 25.6 Å². The van der Waals surface area contributed by atoms with Gasteiger partial charge in [-0.25, -0.2) is 4.79 Å². The average Bonchev–Trinajstić information content (AvgIpc) is 3.02. The van der Waals surface area contributed by atoms with E-state index in [0.717, 1.165) is 0 Å². The summed E-state index contributed by atoms with van der Waals surface area (Å²) in [6.45, 7) is 2.79. The largest absolute Gasteiger partial charge is 0.465 e. The van der Waals surface area contributed by atoms with Crippen LogP contribution < -0.4 is 5.32 Å². The molecule has 2 aromatic rings. The summed E-state index contributed by atoms with van der Waals surface area (Å²) < 4.78 is 15.2. The van der Waals surface area contributed by atoms with Crippen LogP contribution in [0.2, 0.25) is 0 Å². The number of amides is 1. The monoisotopic (exact) mass is 303 g/mol. The Kier molecular flexibility index (Phi) is 5.32. The fourth-order valence-corrected chi connectivity index (χ4v) is 1.78. The number of benzene rings is 1. The number of hydrogen-bond acceptors (Lipinski definition) is 5. The van der Waals surface area contributed by atoms with Crippen molar-refractivity contribution in [3.05, 3.63) is 53.5 Å². The van der Waals surface area contributed by atoms with Crippen molar-refractivity contribution in [2.24, 2.45) is 0 Å². The highest BCUT2D eigenvalue weighted by Gasteiger charge is 2.12. The molecule has 0 aliphatic rings. The van der Waals surface area contributed by atoms with Gasteiger partial charge in [-0.2, -0.15) is 0 Å². The number of rotatable bonds is 6. The van der Waals surface area contributed by atoms with Crippen molar-refractivity contribution < 1.29 is 23.5 Å². The van der Waals surface area contributed by atoms with Crippen molar-refractivity contribution in [3.63, 3.8) is 0 Å². The average molecular weight is 303 g/mol. The van der Waals surface area contributed by atoms with Crippen LogP contribution in [0, 0.1) is 0 Å². The van der Waals surface area contributed by atoms with Crippen LogP contribution in [0.1, 0.15) is 33.6 Å². The zero-order valence-corrected chi connectivity index (χ0v) is 12.4. The number of anilines is 1. The van der Waals surface area contributed by atoms with Crippen LogP contribution in [0.15, 0.2) is 40.8 Å². The van der Waals surface area contributed by atoms with E-state index in [-0.39, 0.29) is 11.7 Å². The van der Waals surface area contributed by atoms with Gasteiger partial charge in [0.05, 0.1) is 12.7 Å². The second-order valence-electron chi connectivity index (χ2n) is 4.43. The third-order valence-corrected chi connectivity index (χ3v) is 2.90. The Bertz CT molecular complexity index is 645. The molecule has 0 fully saturated rings. The zero-order chi connectivity index (χ0) is 15.9. The van der Waals surface area contributed by atoms with E-state index < -0.39 is 5.97 Å². The third kappa shape index (κ3) is 3.95. The van der Waals surface area contributed by atoms with E-state index in [2.05, 4.69) is 10.1 Å². The quantitative estimate of drug-likeness (QED) is 0.830. The summed E-state index contributed by atoms with van der Waals surface area (Å²) in [5.74, 6) is -0.00201. The maximum absolute atomic E-state index is 12.0. The molecule has 1 amide bonds. The summed E-state index contributed by atoms with van der Waals surface area (Å²) in [5.41, 5.74) is 0.970. The standard InChI is InChI=1S/C16H17NO5/c1-3-21-10-13-8-9-14(22-13)15(18)17-12-6-4-11(5-7-12)16(19)20-2/h4-9H,3,10H2,1-2H3,(H,17,18). The number of methoxy groups -OCH3 is 1. The number of carbonyl (C=O) groups is 2. The smallest absolute Gasteiger partial charge is 0.337 e. The molecule has 0 aliphatic carbocycles. The minimum atomic E-state index is -0.426. The Balaban J connectivity index is 1.99. The van der Waals surface area contributed by atoms with Gasteiger partial charge in [-0.3, -0.25) is 4.79 Å². The summed E-state index contributed by atoms with van der Waals surface area (Å²) >= 11 is 0. The first kappa shape index (κ1) is 15.8. The van der Waals surface area contributed by atoms with Gasteiger partial charge in [0, 0.05) is 12.3 Å². The van der Waals surface area contributed by atoms with Crippen LogP contribution >= 0.6 is 0 Å². The van der Waals surface area contributed by atoms with Crippen LogP contribution in [-0.2, 0) is 16.1 Å². The van der Waals surface area contributed by atoms with Crippen LogP contribution in [0.3, 0.4) is 0 Å². The van der Waals surface area contributed by atoms with Crippen molar-refractivity contribution in [2.45, 2.75) is 13.5 Å². The summed E-state index contributed by atoms with van der Waals surface area (Å²) in [7, 11) is 1.31. The predicted octanol–water partition coefficient (Wildman–Crippen LogP) is 2.86. The van der Waals surface area contributed by atoms with Gasteiger partial charge < -0.3 is 19.2 Å². The Morgan fingerprint density at radius 3 is 2.50 bits per heavy atom. The molecule has 22 heavy (non-hydrogen) atoms. The van der Waals surface area contributed by atoms with E-state index in [9.17, 15) is 9.59 Å². The SMILES string of the molecule is CCOCc1ccc(C(=O)Nc2ccc(C(=O)OC)cc2)o1. The first-order valence-electron chi connectivity index (χ1n) is 6.80. The highest BCUT2D eigenvalue weighted by molar-refractivity contribution is 6.02. The maximum atomic E-state index is 12.0. The van der Waals surface area contributed by atoms with E-state index >= 15 is 0 Å². The number of hydrogen-bond donors (Lipinski definition) is 1. The van der Waals surface area contributed by atoms with Crippen molar-refractivity contribution in [2.75, 3.05) is 19.0 Å². The summed E-state index contributed by atoms with van der Waals surface area (Å²) in [6.07, 6.45) is 0. The first-order valence-corrected chi connectivity index (χ1v) is 6.80. The van der Waals surface area contributed by atoms with Gasteiger partial charge in [-0.15, -0.1) is 0 Å². The molecule has 0 spiro atoms. The van der Waals surface area contributed by atoms with E-state index in [0.29, 0.717) is 30.2 Å². The van der Waals surface area contributed by atoms with Gasteiger partial charge >= 0.3 is 5.97 Å². The fraction of sp³-hybridized carbons (Fsp3) is 0.250. The first-order chi connectivity index (χ1) is 10.6. The van der Waals surface area contributed by atoms with E-state index in [4.69, 9.17) is 9.15 Å². The fourth-order valence-electron chi connectivity index (χ4n) is 1.78. The molecule has 0 radical (unpaired) electrons. The molecule has 1 aromatic carbocycles. The third-order valence-electron chi connectivity index (χ3n) is 2.90. The lowest BCUT2D eigenvalue weighted by Crippen LogP contribution is -2.11. The van der Waals surface area contributed by atoms with Gasteiger partial charge in [0.2, 0.25) is 0 Å². The van der Waals surface area contributed by atoms with Crippen LogP contribution in [0.5, 0.6) is 0 Å². The molecule has 116 valence electrons. The molecule has 0 atom stereocenters. The summed E-state index contributed by atoms with van der Waals surface area (Å²) in [6, 6.07) is 9.67. The Morgan fingerprint density at radius 2 is 1.86 bits per heavy atom. The minimum Gasteiger partial charge on any atom is -0.465 e. The highest BCUT2D eigenvalue weighted by Crippen LogP contribution is 2.14. The molecular weight excluding hydrogens is 286 g/mol. The van der Waals surface area contributed by atoms with Crippen LogP contribution in [0.4, 0.5) is 5.69 Å². The molecule has 2 rings (SSSR count). The highest BCUT2D eigenvalue weighted by atomic mass is 16.5. The van der Waals surface area contributed by atoms with Gasteiger partial charge in [-0.05, 0) is 43.3 Å². The molecule has 6 heteroatoms. The van der Waals surface area contributed by atoms with Crippen molar-refractivity contribution >= 4 is 17.6 Å². The lowest BCUT2D eigenvalue weighted by Gasteiger charge is -2.04. The number of nitrogens with one attached hydrogen (secondary N) is 1. The normalized spacial score (nSPS) is 10.3. The molecule has 0 saturated carbocycles. The molecule has 0 saturated heterocycles. The Hall–Kier alpha value is -2.60. The maximum Gasteiger partial charge on any atom is 0.337 e. The van der Waals surface area contributed by atoms with E-state index in [1.807, 2.05) is 6.92 Å². The Labute approximate surface area is 128 Å². The number of esters is 1. The topological polar surface area (TPSA) is 77.8 Å². The summed E-state index contributed by atoms with van der Waals surface area (Å²) in [5, 5.41) is 2.69. The lowest BCUT2D eigenvalue weighted by atomic mass is 10.2. The minimum absolute atomic E-state index is 0.201. The number of ether oxygens (including phenoxy) is 2. The summed E-state index contributed by atoms with van der Waals surface area (Å²) in [4.78, 5) is 23.4. The zero-order valence-electron chi connectivity index (χ0n) is 12.4. The van der Waals surface area contributed by atoms with Gasteiger partial charge in [0.25, 0.3) is 5.91 Å². The molecule has 1 heterocycles.